The molecule has 3 nitrogen and oxygen atoms in total. The molecule has 0 saturated carbocycles. The first-order valence-corrected chi connectivity index (χ1v) is 14.5. The Hall–Kier alpha value is -3.11. The minimum absolute atomic E-state index is 0.0571. The van der Waals surface area contributed by atoms with Crippen LogP contribution in [-0.4, -0.2) is 17.3 Å². The van der Waals surface area contributed by atoms with Crippen LogP contribution < -0.4 is 15.9 Å². The van der Waals surface area contributed by atoms with Crippen LogP contribution in [0.25, 0.3) is 17.8 Å². The standard InChI is InChI=1S/C35H45FN2O/c1-7-8-12-25(4)22-38-33-20-30(39-23-28-13-10-9-11-14-28)16-17-31(33)34(35(38)24(2)3)27(6)37-21-29-15-18-32(36)26(5)19-29/h9-13,15,17-20,24,28,30,37H,6-8,14,16,21-23H2,1-5H3/b25-12+. The summed E-state index contributed by atoms with van der Waals surface area (Å²) in [5.74, 6) is 0.586. The van der Waals surface area contributed by atoms with Gasteiger partial charge < -0.3 is 14.6 Å². The number of fused-ring (bicyclic) bond motifs is 1. The molecule has 0 bridgehead atoms. The number of rotatable bonds is 12. The van der Waals surface area contributed by atoms with Crippen molar-refractivity contribution in [3.63, 3.8) is 0 Å². The van der Waals surface area contributed by atoms with E-state index in [4.69, 9.17) is 4.74 Å². The van der Waals surface area contributed by atoms with Crippen LogP contribution in [0.5, 0.6) is 0 Å². The van der Waals surface area contributed by atoms with Crippen molar-refractivity contribution in [2.24, 2.45) is 5.92 Å². The second-order valence-electron chi connectivity index (χ2n) is 11.3. The van der Waals surface area contributed by atoms with E-state index in [-0.39, 0.29) is 11.9 Å². The second kappa shape index (κ2) is 13.3. The Morgan fingerprint density at radius 1 is 1.26 bits per heavy atom. The molecule has 2 aliphatic rings. The molecule has 4 heteroatoms. The number of aryl methyl sites for hydroxylation is 1. The molecule has 208 valence electrons. The number of hydrogen-bond acceptors (Lipinski definition) is 2. The molecule has 4 rings (SSSR count). The van der Waals surface area contributed by atoms with Crippen LogP contribution in [0, 0.1) is 18.7 Å². The fourth-order valence-electron chi connectivity index (χ4n) is 5.57. The summed E-state index contributed by atoms with van der Waals surface area (Å²) in [5, 5.41) is 6.04. The fraction of sp³-hybridized carbons (Fsp3) is 0.429. The lowest BCUT2D eigenvalue weighted by atomic mass is 9.99. The zero-order valence-corrected chi connectivity index (χ0v) is 24.4. The summed E-state index contributed by atoms with van der Waals surface area (Å²) in [6.45, 7) is 17.5. The molecule has 0 fully saturated rings. The van der Waals surface area contributed by atoms with Gasteiger partial charge in [0.15, 0.2) is 0 Å². The van der Waals surface area contributed by atoms with Crippen LogP contribution in [0.15, 0.2) is 60.7 Å². The highest BCUT2D eigenvalue weighted by Gasteiger charge is 2.23. The number of unbranched alkanes of at least 4 members (excludes halogenated alkanes) is 1. The minimum Gasteiger partial charge on any atom is -0.381 e. The van der Waals surface area contributed by atoms with Crippen molar-refractivity contribution in [1.29, 1.82) is 0 Å². The maximum atomic E-state index is 13.8. The van der Waals surface area contributed by atoms with Gasteiger partial charge in [0, 0.05) is 46.5 Å². The number of nitrogens with zero attached hydrogens (tertiary/aromatic N) is 1. The fourth-order valence-corrected chi connectivity index (χ4v) is 5.57. The summed E-state index contributed by atoms with van der Waals surface area (Å²) in [7, 11) is 0. The SMILES string of the molecule is C=C(NCc1ccc(F)c(C)c1)c1c(C(C)C)n(C/C(C)=C/CCC)c2c1=CCC(OCC1C=CC=CC1)C=2. The van der Waals surface area contributed by atoms with Gasteiger partial charge in [-0.05, 0) is 62.3 Å². The summed E-state index contributed by atoms with van der Waals surface area (Å²) in [6.07, 6.45) is 19.9. The average Bonchev–Trinajstić information content (AvgIpc) is 3.25. The van der Waals surface area contributed by atoms with E-state index in [1.807, 2.05) is 12.1 Å². The molecular weight excluding hydrogens is 483 g/mol. The number of allylic oxidation sites excluding steroid dienone is 5. The van der Waals surface area contributed by atoms with E-state index in [2.05, 4.69) is 86.7 Å². The van der Waals surface area contributed by atoms with E-state index in [0.717, 1.165) is 50.1 Å². The van der Waals surface area contributed by atoms with Crippen LogP contribution in [0.1, 0.15) is 81.7 Å². The van der Waals surface area contributed by atoms with Crippen LogP contribution in [0.3, 0.4) is 0 Å². The molecule has 0 spiro atoms. The first-order valence-electron chi connectivity index (χ1n) is 14.5. The number of nitrogens with one attached hydrogen (secondary N) is 1. The highest BCUT2D eigenvalue weighted by atomic mass is 19.1. The van der Waals surface area contributed by atoms with Crippen LogP contribution in [0.4, 0.5) is 4.39 Å². The second-order valence-corrected chi connectivity index (χ2v) is 11.3. The molecule has 39 heavy (non-hydrogen) atoms. The van der Waals surface area contributed by atoms with Crippen molar-refractivity contribution < 1.29 is 9.13 Å². The Labute approximate surface area is 234 Å². The number of hydrogen-bond donors (Lipinski definition) is 1. The van der Waals surface area contributed by atoms with E-state index in [0.29, 0.717) is 23.9 Å². The van der Waals surface area contributed by atoms with Crippen molar-refractivity contribution in [1.82, 2.24) is 9.88 Å². The van der Waals surface area contributed by atoms with Gasteiger partial charge >= 0.3 is 0 Å². The van der Waals surface area contributed by atoms with E-state index in [1.54, 1.807) is 13.0 Å². The van der Waals surface area contributed by atoms with E-state index < -0.39 is 0 Å². The average molecular weight is 529 g/mol. The topological polar surface area (TPSA) is 26.2 Å². The van der Waals surface area contributed by atoms with Crippen molar-refractivity contribution in [3.8, 4) is 0 Å². The van der Waals surface area contributed by atoms with Crippen molar-refractivity contribution in [2.45, 2.75) is 85.4 Å². The Bertz CT molecular complexity index is 1390. The molecule has 1 heterocycles. The van der Waals surface area contributed by atoms with E-state index >= 15 is 0 Å². The highest BCUT2D eigenvalue weighted by Crippen LogP contribution is 2.24. The van der Waals surface area contributed by atoms with Gasteiger partial charge in [0.2, 0.25) is 0 Å². The molecule has 2 aliphatic carbocycles. The monoisotopic (exact) mass is 528 g/mol. The quantitative estimate of drug-likeness (QED) is 0.299. The minimum atomic E-state index is -0.171. The molecule has 1 N–H and O–H groups in total. The predicted molar refractivity (Wildman–Crippen MR) is 163 cm³/mol. The summed E-state index contributed by atoms with van der Waals surface area (Å²) in [5.41, 5.74) is 6.48. The molecule has 0 amide bonds. The summed E-state index contributed by atoms with van der Waals surface area (Å²) < 4.78 is 22.7. The molecule has 2 unspecified atom stereocenters. The zero-order valence-electron chi connectivity index (χ0n) is 24.4. The molecule has 0 radical (unpaired) electrons. The van der Waals surface area contributed by atoms with Crippen molar-refractivity contribution >= 4 is 17.8 Å². The van der Waals surface area contributed by atoms with Gasteiger partial charge in [0.1, 0.15) is 5.82 Å². The molecule has 2 atom stereocenters. The van der Waals surface area contributed by atoms with Crippen molar-refractivity contribution in [2.75, 3.05) is 6.61 Å². The smallest absolute Gasteiger partial charge is 0.126 e. The van der Waals surface area contributed by atoms with Crippen LogP contribution in [-0.2, 0) is 17.8 Å². The lowest BCUT2D eigenvalue weighted by Gasteiger charge is -2.20. The third-order valence-electron chi connectivity index (χ3n) is 7.64. The lowest BCUT2D eigenvalue weighted by Crippen LogP contribution is -2.37. The third-order valence-corrected chi connectivity index (χ3v) is 7.64. The molecule has 0 aliphatic heterocycles. The Kier molecular flexibility index (Phi) is 9.85. The van der Waals surface area contributed by atoms with Crippen LogP contribution in [0.2, 0.25) is 0 Å². The van der Waals surface area contributed by atoms with Crippen molar-refractivity contribution in [3.05, 3.63) is 99.5 Å². The maximum Gasteiger partial charge on any atom is 0.126 e. The number of ether oxygens (including phenoxy) is 1. The van der Waals surface area contributed by atoms with Gasteiger partial charge in [-0.2, -0.15) is 0 Å². The molecule has 1 aromatic heterocycles. The third kappa shape index (κ3) is 7.10. The van der Waals surface area contributed by atoms with Gasteiger partial charge in [-0.3, -0.25) is 0 Å². The largest absolute Gasteiger partial charge is 0.381 e. The first-order chi connectivity index (χ1) is 18.8. The van der Waals surface area contributed by atoms with E-state index in [1.165, 1.54) is 27.4 Å². The first kappa shape index (κ1) is 28.9. The summed E-state index contributed by atoms with van der Waals surface area (Å²) in [6, 6.07) is 5.29. The summed E-state index contributed by atoms with van der Waals surface area (Å²) in [4.78, 5) is 0. The molecule has 2 aromatic rings. The van der Waals surface area contributed by atoms with Gasteiger partial charge in [-0.1, -0.05) is 87.9 Å². The molecule has 1 aromatic carbocycles. The highest BCUT2D eigenvalue weighted by molar-refractivity contribution is 5.68. The lowest BCUT2D eigenvalue weighted by molar-refractivity contribution is 0.0797. The number of benzene rings is 1. The van der Waals surface area contributed by atoms with Gasteiger partial charge in [-0.15, -0.1) is 0 Å². The maximum absolute atomic E-state index is 13.8. The predicted octanol–water partition coefficient (Wildman–Crippen LogP) is 7.05. The van der Waals surface area contributed by atoms with Crippen LogP contribution >= 0.6 is 0 Å². The Balaban J connectivity index is 1.68. The normalized spacial score (nSPS) is 18.6. The number of aromatic nitrogens is 1. The van der Waals surface area contributed by atoms with E-state index in [9.17, 15) is 4.39 Å². The zero-order chi connectivity index (χ0) is 27.9. The van der Waals surface area contributed by atoms with Gasteiger partial charge in [0.05, 0.1) is 12.7 Å². The molecule has 0 saturated heterocycles. The molecular formula is C35H45FN2O. The Morgan fingerprint density at radius 3 is 2.77 bits per heavy atom. The van der Waals surface area contributed by atoms with Gasteiger partial charge in [0.25, 0.3) is 0 Å². The summed E-state index contributed by atoms with van der Waals surface area (Å²) >= 11 is 0. The van der Waals surface area contributed by atoms with Gasteiger partial charge in [-0.25, -0.2) is 4.39 Å². The Morgan fingerprint density at radius 2 is 2.08 bits per heavy atom. The number of halogens is 1.